The van der Waals surface area contributed by atoms with Crippen molar-refractivity contribution in [2.45, 2.75) is 51.2 Å². The molecule has 3 saturated carbocycles. The summed E-state index contributed by atoms with van der Waals surface area (Å²) in [6, 6.07) is 0. The Morgan fingerprint density at radius 2 is 2.06 bits per heavy atom. The number of nitrogens with zero attached hydrogens (tertiary/aromatic N) is 1. The van der Waals surface area contributed by atoms with Crippen LogP contribution < -0.4 is 0 Å². The number of ketones is 2. The first-order valence-electron chi connectivity index (χ1n) is 11.3. The molecule has 0 spiro atoms. The van der Waals surface area contributed by atoms with Crippen LogP contribution in [0.3, 0.4) is 0 Å². The quantitative estimate of drug-likeness (QED) is 0.638. The van der Waals surface area contributed by atoms with Crippen LogP contribution in [0.25, 0.3) is 0 Å². The maximum Gasteiger partial charge on any atom is 0.233 e. The third-order valence-electron chi connectivity index (χ3n) is 9.39. The van der Waals surface area contributed by atoms with Gasteiger partial charge in [-0.05, 0) is 49.7 Å². The molecule has 4 aliphatic carbocycles. The van der Waals surface area contributed by atoms with Crippen LogP contribution in [0.1, 0.15) is 39.5 Å². The summed E-state index contributed by atoms with van der Waals surface area (Å²) in [6.07, 6.45) is 7.90. The smallest absolute Gasteiger partial charge is 0.233 e. The molecule has 4 fully saturated rings. The maximum atomic E-state index is 13.2. The van der Waals surface area contributed by atoms with Crippen LogP contribution in [0.15, 0.2) is 23.8 Å². The van der Waals surface area contributed by atoms with Gasteiger partial charge in [-0.1, -0.05) is 30.0 Å². The van der Waals surface area contributed by atoms with Gasteiger partial charge in [0.05, 0.1) is 12.4 Å². The first kappa shape index (κ1) is 22.4. The fourth-order valence-electron chi connectivity index (χ4n) is 8.15. The lowest BCUT2D eigenvalue weighted by atomic mass is 9.46. The lowest BCUT2D eigenvalue weighted by Gasteiger charge is -2.59. The zero-order valence-electron chi connectivity index (χ0n) is 18.7. The Bertz CT molecular complexity index is 1050. The minimum absolute atomic E-state index is 0.0248. The van der Waals surface area contributed by atoms with E-state index in [4.69, 9.17) is 4.84 Å². The normalized spacial score (nSPS) is 48.0. The van der Waals surface area contributed by atoms with Gasteiger partial charge in [0.25, 0.3) is 0 Å². The summed E-state index contributed by atoms with van der Waals surface area (Å²) in [5, 5.41) is 21.3. The van der Waals surface area contributed by atoms with E-state index in [0.717, 1.165) is 29.1 Å². The molecular formula is C23H31NO7S. The molecule has 0 aromatic carbocycles. The summed E-state index contributed by atoms with van der Waals surface area (Å²) in [6.45, 7) is 3.33. The minimum atomic E-state index is -3.69. The molecule has 0 aromatic rings. The zero-order chi connectivity index (χ0) is 23.3. The zero-order valence-corrected chi connectivity index (χ0v) is 19.5. The first-order chi connectivity index (χ1) is 14.9. The largest absolute Gasteiger partial charge is 0.393 e. The van der Waals surface area contributed by atoms with Crippen LogP contribution in [0.5, 0.6) is 0 Å². The summed E-state index contributed by atoms with van der Waals surface area (Å²) >= 11 is 0. The molecule has 32 heavy (non-hydrogen) atoms. The van der Waals surface area contributed by atoms with Crippen molar-refractivity contribution >= 4 is 21.6 Å². The Kier molecular flexibility index (Phi) is 4.78. The van der Waals surface area contributed by atoms with Crippen LogP contribution >= 0.6 is 0 Å². The second kappa shape index (κ2) is 6.82. The van der Waals surface area contributed by atoms with Gasteiger partial charge in [0.15, 0.2) is 17.2 Å². The molecule has 9 heteroatoms. The van der Waals surface area contributed by atoms with Gasteiger partial charge >= 0.3 is 0 Å². The summed E-state index contributed by atoms with van der Waals surface area (Å²) in [7, 11) is -3.69. The molecule has 1 aliphatic heterocycles. The molecule has 2 N–H and O–H groups in total. The Labute approximate surface area is 188 Å². The molecule has 8 atom stereocenters. The van der Waals surface area contributed by atoms with Crippen LogP contribution in [0.4, 0.5) is 0 Å². The average molecular weight is 466 g/mol. The molecule has 0 bridgehead atoms. The van der Waals surface area contributed by atoms with Crippen molar-refractivity contribution < 1.29 is 33.1 Å². The fourth-order valence-corrected chi connectivity index (χ4v) is 8.85. The number of carbonyl (C=O) groups excluding carboxylic acids is 2. The molecule has 176 valence electrons. The standard InChI is InChI=1S/C23H31NO7S/c1-21-7-6-15(26)8-13(21)4-5-16-17-9-14-11-24(32(3,29)30)31-23(14,19(28)12-25)22(17,2)10-18(27)20(16)21/h6-8,14,16-18,20,25,27H,4-5,9-12H2,1-3H3/t14-,16?,17?,18-,20?,21-,22-,23-/m0/s1. The van der Waals surface area contributed by atoms with Gasteiger partial charge in [0.2, 0.25) is 10.0 Å². The molecule has 1 heterocycles. The predicted molar refractivity (Wildman–Crippen MR) is 114 cm³/mol. The van der Waals surface area contributed by atoms with Crippen LogP contribution in [0.2, 0.25) is 0 Å². The molecule has 5 aliphatic rings. The van der Waals surface area contributed by atoms with Gasteiger partial charge in [-0.25, -0.2) is 8.42 Å². The number of fused-ring (bicyclic) bond motifs is 7. The van der Waals surface area contributed by atoms with E-state index in [1.54, 1.807) is 12.2 Å². The minimum Gasteiger partial charge on any atom is -0.393 e. The Balaban J connectivity index is 1.59. The van der Waals surface area contributed by atoms with E-state index < -0.39 is 44.9 Å². The highest BCUT2D eigenvalue weighted by Gasteiger charge is 2.75. The van der Waals surface area contributed by atoms with Gasteiger partial charge in [-0.2, -0.15) is 0 Å². The third kappa shape index (κ3) is 2.66. The van der Waals surface area contributed by atoms with Crippen LogP contribution in [-0.2, 0) is 24.4 Å². The van der Waals surface area contributed by atoms with E-state index in [0.29, 0.717) is 6.42 Å². The number of allylic oxidation sites excluding steroid dienone is 4. The van der Waals surface area contributed by atoms with E-state index in [1.165, 1.54) is 0 Å². The second-order valence-electron chi connectivity index (χ2n) is 10.8. The topological polar surface area (TPSA) is 121 Å². The summed E-state index contributed by atoms with van der Waals surface area (Å²) in [5.74, 6) is -0.907. The molecule has 3 unspecified atom stereocenters. The summed E-state index contributed by atoms with van der Waals surface area (Å²) in [4.78, 5) is 31.2. The van der Waals surface area contributed by atoms with Crippen molar-refractivity contribution in [1.29, 1.82) is 0 Å². The molecule has 0 radical (unpaired) electrons. The van der Waals surface area contributed by atoms with Gasteiger partial charge in [0.1, 0.15) is 6.61 Å². The highest BCUT2D eigenvalue weighted by molar-refractivity contribution is 7.88. The monoisotopic (exact) mass is 465 g/mol. The number of aliphatic hydroxyl groups excluding tert-OH is 2. The van der Waals surface area contributed by atoms with Crippen LogP contribution in [0, 0.1) is 34.5 Å². The van der Waals surface area contributed by atoms with Gasteiger partial charge in [-0.3, -0.25) is 14.4 Å². The Morgan fingerprint density at radius 1 is 1.34 bits per heavy atom. The lowest BCUT2D eigenvalue weighted by Crippen LogP contribution is -2.63. The van der Waals surface area contributed by atoms with Gasteiger partial charge in [0, 0.05) is 29.2 Å². The maximum absolute atomic E-state index is 13.2. The van der Waals surface area contributed by atoms with Crippen molar-refractivity contribution in [1.82, 2.24) is 4.47 Å². The molecule has 8 nitrogen and oxygen atoms in total. The SMILES string of the molecule is C[C@]12C=CC(=O)C=C1CCC1C2[C@@H](O)C[C@@]2(C)C1C[C@H]1CN(S(C)(=O)=O)O[C@]12C(=O)CO. The van der Waals surface area contributed by atoms with Crippen molar-refractivity contribution in [3.63, 3.8) is 0 Å². The molecule has 5 rings (SSSR count). The predicted octanol–water partition coefficient (Wildman–Crippen LogP) is 0.998. The first-order valence-corrected chi connectivity index (χ1v) is 13.2. The van der Waals surface area contributed by atoms with Crippen molar-refractivity contribution in [3.8, 4) is 0 Å². The number of rotatable bonds is 3. The summed E-state index contributed by atoms with van der Waals surface area (Å²) < 4.78 is 25.4. The lowest BCUT2D eigenvalue weighted by molar-refractivity contribution is -0.225. The number of sulfonamides is 1. The van der Waals surface area contributed by atoms with E-state index in [9.17, 15) is 28.2 Å². The number of hydrogen-bond acceptors (Lipinski definition) is 7. The van der Waals surface area contributed by atoms with Crippen molar-refractivity contribution in [2.75, 3.05) is 19.4 Å². The number of hydrogen-bond donors (Lipinski definition) is 2. The van der Waals surface area contributed by atoms with E-state index >= 15 is 0 Å². The number of carbonyl (C=O) groups is 2. The van der Waals surface area contributed by atoms with Crippen molar-refractivity contribution in [3.05, 3.63) is 23.8 Å². The average Bonchev–Trinajstić information content (AvgIpc) is 3.21. The van der Waals surface area contributed by atoms with E-state index in [1.807, 2.05) is 13.0 Å². The Morgan fingerprint density at radius 3 is 2.72 bits per heavy atom. The van der Waals surface area contributed by atoms with Crippen LogP contribution in [-0.4, -0.2) is 65.8 Å². The molecule has 0 amide bonds. The van der Waals surface area contributed by atoms with Gasteiger partial charge in [-0.15, -0.1) is 0 Å². The summed E-state index contributed by atoms with van der Waals surface area (Å²) in [5.41, 5.74) is -1.67. The molecular weight excluding hydrogens is 434 g/mol. The van der Waals surface area contributed by atoms with E-state index in [-0.39, 0.29) is 42.4 Å². The molecule has 1 saturated heterocycles. The Hall–Kier alpha value is -1.39. The fraction of sp³-hybridized carbons (Fsp3) is 0.739. The second-order valence-corrected chi connectivity index (χ2v) is 12.7. The molecule has 0 aromatic heterocycles. The highest BCUT2D eigenvalue weighted by Crippen LogP contribution is 2.70. The number of hydroxylamine groups is 1. The van der Waals surface area contributed by atoms with Crippen molar-refractivity contribution in [2.24, 2.45) is 34.5 Å². The number of Topliss-reactive ketones (excluding diaryl/α,β-unsaturated/α-hetero) is 1. The number of aliphatic hydroxyl groups is 2. The highest BCUT2D eigenvalue weighted by atomic mass is 32.2. The third-order valence-corrected chi connectivity index (χ3v) is 10.4. The van der Waals surface area contributed by atoms with E-state index in [2.05, 4.69) is 6.92 Å². The van der Waals surface area contributed by atoms with Gasteiger partial charge < -0.3 is 10.2 Å².